The number of hydrogen-bond acceptors (Lipinski definition) is 4. The fourth-order valence-corrected chi connectivity index (χ4v) is 2.27. The molecule has 24 heavy (non-hydrogen) atoms. The number of benzene rings is 2. The molecule has 0 bridgehead atoms. The predicted molar refractivity (Wildman–Crippen MR) is 92.3 cm³/mol. The Morgan fingerprint density at radius 1 is 1.12 bits per heavy atom. The van der Waals surface area contributed by atoms with Crippen LogP contribution in [0.25, 0.3) is 10.4 Å². The third-order valence-corrected chi connectivity index (χ3v) is 3.75. The van der Waals surface area contributed by atoms with Crippen LogP contribution in [0, 0.1) is 0 Å². The highest BCUT2D eigenvalue weighted by Gasteiger charge is 2.23. The van der Waals surface area contributed by atoms with E-state index >= 15 is 0 Å². The first kappa shape index (κ1) is 17.7. The van der Waals surface area contributed by atoms with E-state index in [0.717, 1.165) is 10.0 Å². The Hall–Kier alpha value is -2.63. The van der Waals surface area contributed by atoms with Crippen molar-refractivity contribution in [1.82, 2.24) is 0 Å². The Bertz CT molecular complexity index is 756. The lowest BCUT2D eigenvalue weighted by Crippen LogP contribution is -2.23. The maximum atomic E-state index is 12.4. The van der Waals surface area contributed by atoms with Gasteiger partial charge in [-0.15, -0.1) is 0 Å². The first-order valence-electron chi connectivity index (χ1n) is 7.13. The number of rotatable bonds is 7. The van der Waals surface area contributed by atoms with E-state index in [9.17, 15) is 9.59 Å². The van der Waals surface area contributed by atoms with E-state index in [2.05, 4.69) is 26.0 Å². The first-order chi connectivity index (χ1) is 11.6. The second-order valence-corrected chi connectivity index (χ2v) is 5.86. The van der Waals surface area contributed by atoms with Crippen LogP contribution in [-0.2, 0) is 16.1 Å². The summed E-state index contributed by atoms with van der Waals surface area (Å²) in [5, 5.41) is 3.44. The molecule has 2 aromatic rings. The lowest BCUT2D eigenvalue weighted by Gasteiger charge is -2.10. The molecule has 0 amide bonds. The molecule has 0 N–H and O–H groups in total. The molecule has 1 atom stereocenters. The summed E-state index contributed by atoms with van der Waals surface area (Å²) in [6.07, 6.45) is -0.300. The van der Waals surface area contributed by atoms with Crippen molar-refractivity contribution in [2.45, 2.75) is 19.1 Å². The van der Waals surface area contributed by atoms with Crippen molar-refractivity contribution in [2.24, 2.45) is 5.11 Å². The van der Waals surface area contributed by atoms with Gasteiger partial charge < -0.3 is 4.74 Å². The molecule has 0 saturated carbocycles. The van der Waals surface area contributed by atoms with Crippen molar-refractivity contribution >= 4 is 27.7 Å². The van der Waals surface area contributed by atoms with E-state index in [1.54, 1.807) is 24.3 Å². The third kappa shape index (κ3) is 5.22. The number of ketones is 1. The number of Topliss-reactive ketones (excluding diaryl/α,β-unsaturated/α-hetero) is 1. The molecule has 0 spiro atoms. The number of halogens is 1. The zero-order valence-electron chi connectivity index (χ0n) is 12.6. The number of nitrogens with zero attached hydrogens (tertiary/aromatic N) is 3. The molecule has 122 valence electrons. The standard InChI is InChI=1S/C17H14BrN3O3/c18-14-8-6-13(7-9-14)17(23)15(20-21-19)10-16(22)24-11-12-4-2-1-3-5-12/h1-9,15H,10-11H2. The van der Waals surface area contributed by atoms with Crippen LogP contribution in [0.5, 0.6) is 0 Å². The van der Waals surface area contributed by atoms with Gasteiger partial charge in [0.15, 0.2) is 5.78 Å². The molecule has 0 aliphatic carbocycles. The highest BCUT2D eigenvalue weighted by atomic mass is 79.9. The molecule has 0 heterocycles. The van der Waals surface area contributed by atoms with Gasteiger partial charge in [-0.3, -0.25) is 9.59 Å². The van der Waals surface area contributed by atoms with Gasteiger partial charge in [-0.2, -0.15) is 0 Å². The minimum Gasteiger partial charge on any atom is -0.461 e. The average molecular weight is 388 g/mol. The minimum absolute atomic E-state index is 0.106. The summed E-state index contributed by atoms with van der Waals surface area (Å²) in [4.78, 5) is 27.0. The number of carbonyl (C=O) groups excluding carboxylic acids is 2. The quantitative estimate of drug-likeness (QED) is 0.231. The molecule has 0 aliphatic heterocycles. The highest BCUT2D eigenvalue weighted by molar-refractivity contribution is 9.10. The van der Waals surface area contributed by atoms with Crippen LogP contribution in [-0.4, -0.2) is 17.8 Å². The van der Waals surface area contributed by atoms with Gasteiger partial charge in [0.25, 0.3) is 0 Å². The summed E-state index contributed by atoms with van der Waals surface area (Å²) < 4.78 is 5.95. The summed E-state index contributed by atoms with van der Waals surface area (Å²) >= 11 is 3.28. The van der Waals surface area contributed by atoms with Crippen LogP contribution in [0.4, 0.5) is 0 Å². The third-order valence-electron chi connectivity index (χ3n) is 3.23. The molecule has 0 radical (unpaired) electrons. The molecule has 0 aliphatic rings. The fraction of sp³-hybridized carbons (Fsp3) is 0.176. The molecule has 1 unspecified atom stereocenters. The Morgan fingerprint density at radius 3 is 2.42 bits per heavy atom. The van der Waals surface area contributed by atoms with E-state index < -0.39 is 17.8 Å². The smallest absolute Gasteiger partial charge is 0.307 e. The van der Waals surface area contributed by atoms with E-state index in [0.29, 0.717) is 5.56 Å². The summed E-state index contributed by atoms with van der Waals surface area (Å²) in [6.45, 7) is 0.106. The van der Waals surface area contributed by atoms with Crippen LogP contribution in [0.3, 0.4) is 0 Å². The monoisotopic (exact) mass is 387 g/mol. The van der Waals surface area contributed by atoms with E-state index in [4.69, 9.17) is 10.3 Å². The van der Waals surface area contributed by atoms with Crippen molar-refractivity contribution in [1.29, 1.82) is 0 Å². The van der Waals surface area contributed by atoms with E-state index in [1.165, 1.54) is 0 Å². The summed E-state index contributed by atoms with van der Waals surface area (Å²) in [5.74, 6) is -1.02. The van der Waals surface area contributed by atoms with Gasteiger partial charge in [-0.1, -0.05) is 63.5 Å². The predicted octanol–water partition coefficient (Wildman–Crippen LogP) is 4.44. The summed E-state index contributed by atoms with van der Waals surface area (Å²) in [6, 6.07) is 14.7. The van der Waals surface area contributed by atoms with Gasteiger partial charge in [-0.05, 0) is 23.2 Å². The second-order valence-electron chi connectivity index (χ2n) is 4.94. The lowest BCUT2D eigenvalue weighted by molar-refractivity contribution is -0.145. The highest BCUT2D eigenvalue weighted by Crippen LogP contribution is 2.15. The molecule has 0 saturated heterocycles. The van der Waals surface area contributed by atoms with Crippen molar-refractivity contribution < 1.29 is 14.3 Å². The van der Waals surface area contributed by atoms with Crippen LogP contribution in [0.15, 0.2) is 64.2 Å². The topological polar surface area (TPSA) is 92.1 Å². The molecule has 7 heteroatoms. The lowest BCUT2D eigenvalue weighted by atomic mass is 10.0. The molecular weight excluding hydrogens is 374 g/mol. The van der Waals surface area contributed by atoms with Gasteiger partial charge in [0, 0.05) is 14.9 Å². The maximum absolute atomic E-state index is 12.4. The van der Waals surface area contributed by atoms with Crippen molar-refractivity contribution in [3.05, 3.63) is 80.6 Å². The Labute approximate surface area is 147 Å². The SMILES string of the molecule is [N-]=[N+]=NC(CC(=O)OCc1ccccc1)C(=O)c1ccc(Br)cc1. The summed E-state index contributed by atoms with van der Waals surface area (Å²) in [7, 11) is 0. The molecule has 0 aromatic heterocycles. The van der Waals surface area contributed by atoms with Gasteiger partial charge in [0.05, 0.1) is 6.42 Å². The normalized spacial score (nSPS) is 11.2. The second kappa shape index (κ2) is 8.86. The average Bonchev–Trinajstić information content (AvgIpc) is 2.60. The minimum atomic E-state index is -1.13. The number of carbonyl (C=O) groups is 2. The molecule has 0 fully saturated rings. The van der Waals surface area contributed by atoms with Crippen LogP contribution < -0.4 is 0 Å². The Morgan fingerprint density at radius 2 is 1.79 bits per heavy atom. The van der Waals surface area contributed by atoms with Crippen LogP contribution in [0.2, 0.25) is 0 Å². The van der Waals surface area contributed by atoms with Gasteiger partial charge >= 0.3 is 5.97 Å². The summed E-state index contributed by atoms with van der Waals surface area (Å²) in [5.41, 5.74) is 9.85. The van der Waals surface area contributed by atoms with Crippen LogP contribution >= 0.6 is 15.9 Å². The number of esters is 1. The van der Waals surface area contributed by atoms with E-state index in [1.807, 2.05) is 30.3 Å². The van der Waals surface area contributed by atoms with Crippen molar-refractivity contribution in [2.75, 3.05) is 0 Å². The zero-order valence-corrected chi connectivity index (χ0v) is 14.2. The molecule has 2 aromatic carbocycles. The molecule has 6 nitrogen and oxygen atoms in total. The van der Waals surface area contributed by atoms with Crippen molar-refractivity contribution in [3.8, 4) is 0 Å². The van der Waals surface area contributed by atoms with Crippen LogP contribution in [0.1, 0.15) is 22.3 Å². The molecule has 2 rings (SSSR count). The maximum Gasteiger partial charge on any atom is 0.307 e. The van der Waals surface area contributed by atoms with Crippen molar-refractivity contribution in [3.63, 3.8) is 0 Å². The number of ether oxygens (including phenoxy) is 1. The fourth-order valence-electron chi connectivity index (χ4n) is 2.01. The van der Waals surface area contributed by atoms with Gasteiger partial charge in [0.2, 0.25) is 0 Å². The van der Waals surface area contributed by atoms with Gasteiger partial charge in [-0.25, -0.2) is 0 Å². The number of hydrogen-bond donors (Lipinski definition) is 0. The van der Waals surface area contributed by atoms with E-state index in [-0.39, 0.29) is 13.0 Å². The first-order valence-corrected chi connectivity index (χ1v) is 7.93. The Balaban J connectivity index is 1.99. The number of azide groups is 1. The van der Waals surface area contributed by atoms with Gasteiger partial charge in [0.1, 0.15) is 12.6 Å². The Kier molecular flexibility index (Phi) is 6.54. The molecular formula is C17H14BrN3O3. The zero-order chi connectivity index (χ0) is 17.4. The largest absolute Gasteiger partial charge is 0.461 e.